The van der Waals surface area contributed by atoms with Crippen LogP contribution in [-0.4, -0.2) is 26.7 Å². The molecule has 2 N–H and O–H groups in total. The van der Waals surface area contributed by atoms with Gasteiger partial charge in [0.05, 0.1) is 4.92 Å². The lowest BCUT2D eigenvalue weighted by Gasteiger charge is -2.25. The molecule has 0 fully saturated rings. The highest BCUT2D eigenvalue weighted by Gasteiger charge is 2.38. The van der Waals surface area contributed by atoms with E-state index in [4.69, 9.17) is 11.6 Å². The van der Waals surface area contributed by atoms with Gasteiger partial charge in [-0.3, -0.25) is 10.1 Å². The summed E-state index contributed by atoms with van der Waals surface area (Å²) in [5.74, 6) is 0.672. The molecular formula is C12H11ClN6O2. The third kappa shape index (κ3) is 2.09. The Morgan fingerprint density at radius 1 is 1.48 bits per heavy atom. The Labute approximate surface area is 124 Å². The Kier molecular flexibility index (Phi) is 3.22. The van der Waals surface area contributed by atoms with E-state index < -0.39 is 11.0 Å². The summed E-state index contributed by atoms with van der Waals surface area (Å²) in [6, 6.07) is 6.26. The monoisotopic (exact) mass is 306 g/mol. The van der Waals surface area contributed by atoms with Crippen LogP contribution in [0.1, 0.15) is 11.6 Å². The first-order valence-electron chi connectivity index (χ1n) is 6.11. The molecule has 1 unspecified atom stereocenters. The molecule has 0 saturated carbocycles. The highest BCUT2D eigenvalue weighted by molar-refractivity contribution is 6.31. The van der Waals surface area contributed by atoms with Gasteiger partial charge in [-0.1, -0.05) is 29.8 Å². The van der Waals surface area contributed by atoms with Gasteiger partial charge in [0.2, 0.25) is 11.8 Å². The van der Waals surface area contributed by atoms with Crippen LogP contribution in [0, 0.1) is 10.1 Å². The van der Waals surface area contributed by atoms with Gasteiger partial charge in [-0.25, -0.2) is 0 Å². The zero-order chi connectivity index (χ0) is 15.0. The molecule has 1 aromatic carbocycles. The third-order valence-electron chi connectivity index (χ3n) is 3.20. The normalized spacial score (nSPS) is 17.1. The van der Waals surface area contributed by atoms with Crippen molar-refractivity contribution in [2.75, 3.05) is 12.4 Å². The molecule has 1 atom stereocenters. The van der Waals surface area contributed by atoms with Crippen molar-refractivity contribution < 1.29 is 4.92 Å². The lowest BCUT2D eigenvalue weighted by molar-refractivity contribution is -0.429. The van der Waals surface area contributed by atoms with Crippen molar-refractivity contribution in [1.82, 2.24) is 20.1 Å². The number of halogens is 1. The predicted molar refractivity (Wildman–Crippen MR) is 77.1 cm³/mol. The third-order valence-corrected chi connectivity index (χ3v) is 3.54. The molecule has 21 heavy (non-hydrogen) atoms. The molecule has 0 aliphatic carbocycles. The van der Waals surface area contributed by atoms with Crippen LogP contribution in [0.5, 0.6) is 0 Å². The van der Waals surface area contributed by atoms with Gasteiger partial charge in [-0.05, 0) is 6.07 Å². The second-order valence-corrected chi connectivity index (χ2v) is 4.74. The average Bonchev–Trinajstić information content (AvgIpc) is 2.93. The Bertz CT molecular complexity index is 741. The summed E-state index contributed by atoms with van der Waals surface area (Å²) in [6.45, 7) is 0. The molecule has 2 heterocycles. The number of hydrogen-bond acceptors (Lipinski definition) is 6. The number of anilines is 1. The van der Waals surface area contributed by atoms with E-state index in [1.54, 1.807) is 31.3 Å². The van der Waals surface area contributed by atoms with Crippen LogP contribution in [0.4, 0.5) is 5.95 Å². The van der Waals surface area contributed by atoms with Crippen LogP contribution >= 0.6 is 11.6 Å². The first-order chi connectivity index (χ1) is 10.1. The van der Waals surface area contributed by atoms with Gasteiger partial charge < -0.3 is 10.6 Å². The van der Waals surface area contributed by atoms with Crippen molar-refractivity contribution in [2.24, 2.45) is 0 Å². The number of benzene rings is 1. The fourth-order valence-corrected chi connectivity index (χ4v) is 2.55. The largest absolute Gasteiger partial charge is 0.367 e. The standard InChI is InChI=1S/C12H11ClN6O2/c1-14-11-10(19(20)21)9(7-4-2-3-5-8(7)13)17-12-15-6-16-18(11)12/h2-6,9,14H,1H3,(H,15,16,17). The van der Waals surface area contributed by atoms with Gasteiger partial charge in [-0.15, -0.1) is 0 Å². The van der Waals surface area contributed by atoms with E-state index >= 15 is 0 Å². The first kappa shape index (κ1) is 13.4. The van der Waals surface area contributed by atoms with E-state index in [1.165, 1.54) is 11.0 Å². The topological polar surface area (TPSA) is 97.9 Å². The average molecular weight is 307 g/mol. The second-order valence-electron chi connectivity index (χ2n) is 4.34. The minimum atomic E-state index is -0.715. The summed E-state index contributed by atoms with van der Waals surface area (Å²) in [5.41, 5.74) is 0.538. The van der Waals surface area contributed by atoms with Crippen molar-refractivity contribution >= 4 is 23.4 Å². The Balaban J connectivity index is 2.22. The maximum absolute atomic E-state index is 11.5. The molecular weight excluding hydrogens is 296 g/mol. The van der Waals surface area contributed by atoms with Crippen molar-refractivity contribution in [3.63, 3.8) is 0 Å². The van der Waals surface area contributed by atoms with Crippen molar-refractivity contribution in [2.45, 2.75) is 6.04 Å². The van der Waals surface area contributed by atoms with Crippen molar-refractivity contribution in [3.05, 3.63) is 57.0 Å². The molecule has 8 nitrogen and oxygen atoms in total. The van der Waals surface area contributed by atoms with Crippen LogP contribution in [0.3, 0.4) is 0 Å². The Hall–Kier alpha value is -2.61. The summed E-state index contributed by atoms with van der Waals surface area (Å²) >= 11 is 6.17. The van der Waals surface area contributed by atoms with Crippen LogP contribution < -0.4 is 10.6 Å². The predicted octanol–water partition coefficient (Wildman–Crippen LogP) is 1.72. The zero-order valence-corrected chi connectivity index (χ0v) is 11.7. The van der Waals surface area contributed by atoms with E-state index in [-0.39, 0.29) is 11.5 Å². The minimum absolute atomic E-state index is 0.0661. The maximum atomic E-state index is 11.5. The summed E-state index contributed by atoms with van der Waals surface area (Å²) in [7, 11) is 1.60. The molecule has 1 aromatic heterocycles. The smallest absolute Gasteiger partial charge is 0.314 e. The SMILES string of the molecule is CNC1=C([N+](=O)[O-])C(c2ccccc2Cl)Nc2ncnn21. The first-order valence-corrected chi connectivity index (χ1v) is 6.49. The van der Waals surface area contributed by atoms with Gasteiger partial charge >= 0.3 is 5.70 Å². The quantitative estimate of drug-likeness (QED) is 0.662. The summed E-state index contributed by atoms with van der Waals surface area (Å²) in [4.78, 5) is 15.1. The number of nitrogens with zero attached hydrogens (tertiary/aromatic N) is 4. The van der Waals surface area contributed by atoms with Gasteiger partial charge in [-0.2, -0.15) is 14.8 Å². The van der Waals surface area contributed by atoms with Crippen molar-refractivity contribution in [3.8, 4) is 0 Å². The number of hydrogen-bond donors (Lipinski definition) is 2. The molecule has 2 aromatic rings. The molecule has 0 spiro atoms. The van der Waals surface area contributed by atoms with E-state index in [0.717, 1.165) is 0 Å². The number of fused-ring (bicyclic) bond motifs is 1. The van der Waals surface area contributed by atoms with Gasteiger partial charge in [0.15, 0.2) is 6.04 Å². The second kappa shape index (κ2) is 5.06. The van der Waals surface area contributed by atoms with E-state index in [1.807, 2.05) is 0 Å². The maximum Gasteiger partial charge on any atom is 0.314 e. The van der Waals surface area contributed by atoms with Crippen LogP contribution in [0.2, 0.25) is 5.02 Å². The van der Waals surface area contributed by atoms with Crippen molar-refractivity contribution in [1.29, 1.82) is 0 Å². The lowest BCUT2D eigenvalue weighted by atomic mass is 10.0. The van der Waals surface area contributed by atoms with Gasteiger partial charge in [0.1, 0.15) is 6.33 Å². The van der Waals surface area contributed by atoms with Gasteiger partial charge in [0.25, 0.3) is 0 Å². The molecule has 0 amide bonds. The molecule has 1 aliphatic heterocycles. The number of rotatable bonds is 3. The highest BCUT2D eigenvalue weighted by Crippen LogP contribution is 2.36. The molecule has 0 saturated heterocycles. The number of nitro groups is 1. The Morgan fingerprint density at radius 2 is 2.24 bits per heavy atom. The molecule has 3 rings (SSSR count). The van der Waals surface area contributed by atoms with Gasteiger partial charge in [0, 0.05) is 17.6 Å². The molecule has 0 radical (unpaired) electrons. The number of nitrogens with one attached hydrogen (secondary N) is 2. The van der Waals surface area contributed by atoms with Crippen LogP contribution in [0.15, 0.2) is 36.3 Å². The molecule has 108 valence electrons. The van der Waals surface area contributed by atoms with Crippen LogP contribution in [0.25, 0.3) is 5.82 Å². The molecule has 0 bridgehead atoms. The Morgan fingerprint density at radius 3 is 2.90 bits per heavy atom. The number of aromatic nitrogens is 3. The van der Waals surface area contributed by atoms with E-state index in [2.05, 4.69) is 20.7 Å². The fraction of sp³-hybridized carbons (Fsp3) is 0.167. The van der Waals surface area contributed by atoms with E-state index in [9.17, 15) is 10.1 Å². The molecule has 1 aliphatic rings. The fourth-order valence-electron chi connectivity index (χ4n) is 2.31. The summed E-state index contributed by atoms with van der Waals surface area (Å²) in [6.07, 6.45) is 1.33. The highest BCUT2D eigenvalue weighted by atomic mass is 35.5. The zero-order valence-electron chi connectivity index (χ0n) is 10.9. The summed E-state index contributed by atoms with van der Waals surface area (Å²) < 4.78 is 1.35. The minimum Gasteiger partial charge on any atom is -0.367 e. The lowest BCUT2D eigenvalue weighted by Crippen LogP contribution is -2.32. The van der Waals surface area contributed by atoms with E-state index in [0.29, 0.717) is 16.5 Å². The molecule has 9 heteroatoms. The van der Waals surface area contributed by atoms with Crippen LogP contribution in [-0.2, 0) is 0 Å². The summed E-state index contributed by atoms with van der Waals surface area (Å²) in [5, 5.41) is 21.7.